The summed E-state index contributed by atoms with van der Waals surface area (Å²) < 4.78 is 2.57. The van der Waals surface area contributed by atoms with Gasteiger partial charge in [-0.1, -0.05) is 39.3 Å². The topological polar surface area (TPSA) is 93.4 Å². The van der Waals surface area contributed by atoms with Crippen molar-refractivity contribution >= 4 is 22.7 Å². The lowest BCUT2D eigenvalue weighted by atomic mass is 9.92. The summed E-state index contributed by atoms with van der Waals surface area (Å²) in [5, 5.41) is 3.25. The Hall–Kier alpha value is -2.90. The second-order valence-electron chi connectivity index (χ2n) is 9.39. The van der Waals surface area contributed by atoms with E-state index in [0.29, 0.717) is 48.8 Å². The summed E-state index contributed by atoms with van der Waals surface area (Å²) in [5.74, 6) is 0.648. The monoisotopic (exact) mass is 456 g/mol. The zero-order valence-electron chi connectivity index (χ0n) is 20.0. The fourth-order valence-corrected chi connectivity index (χ4v) is 4.71. The molecule has 1 N–H and O–H groups in total. The van der Waals surface area contributed by atoms with Gasteiger partial charge in [0.1, 0.15) is 6.54 Å². The van der Waals surface area contributed by atoms with Crippen LogP contribution in [-0.2, 0) is 22.7 Å². The molecular weight excluding hydrogens is 420 g/mol. The SMILES string of the molecule is CCCCNC(=O)CCCn1c(=O)c2ccccc2n(CC(=O)N2CC(C)CC(C)C2)c1=O. The molecule has 180 valence electrons. The molecule has 8 nitrogen and oxygen atoms in total. The highest BCUT2D eigenvalue weighted by molar-refractivity contribution is 5.81. The molecule has 8 heteroatoms. The van der Waals surface area contributed by atoms with Gasteiger partial charge in [0.15, 0.2) is 0 Å². The highest BCUT2D eigenvalue weighted by Gasteiger charge is 2.26. The van der Waals surface area contributed by atoms with Crippen LogP contribution in [0.3, 0.4) is 0 Å². The number of nitrogens with zero attached hydrogens (tertiary/aromatic N) is 3. The van der Waals surface area contributed by atoms with E-state index in [4.69, 9.17) is 0 Å². The fraction of sp³-hybridized carbons (Fsp3) is 0.600. The van der Waals surface area contributed by atoms with Crippen LogP contribution in [0.1, 0.15) is 52.9 Å². The van der Waals surface area contributed by atoms with Crippen LogP contribution in [0.25, 0.3) is 10.9 Å². The van der Waals surface area contributed by atoms with Crippen LogP contribution in [0.4, 0.5) is 0 Å². The molecule has 2 amide bonds. The number of unbranched alkanes of at least 4 members (excludes halogenated alkanes) is 1. The van der Waals surface area contributed by atoms with Gasteiger partial charge in [0.25, 0.3) is 5.56 Å². The van der Waals surface area contributed by atoms with E-state index in [2.05, 4.69) is 26.1 Å². The van der Waals surface area contributed by atoms with E-state index < -0.39 is 5.69 Å². The number of para-hydroxylation sites is 1. The summed E-state index contributed by atoms with van der Waals surface area (Å²) in [6, 6.07) is 6.90. The molecule has 2 unspecified atom stereocenters. The Bertz CT molecular complexity index is 1090. The lowest BCUT2D eigenvalue weighted by molar-refractivity contribution is -0.134. The first-order valence-corrected chi connectivity index (χ1v) is 12.1. The molecule has 1 saturated heterocycles. The molecule has 1 aromatic carbocycles. The normalized spacial score (nSPS) is 18.5. The Kier molecular flexibility index (Phi) is 8.47. The van der Waals surface area contributed by atoms with E-state index in [9.17, 15) is 19.2 Å². The summed E-state index contributed by atoms with van der Waals surface area (Å²) in [5.41, 5.74) is -0.421. The van der Waals surface area contributed by atoms with Gasteiger partial charge < -0.3 is 10.2 Å². The summed E-state index contributed by atoms with van der Waals surface area (Å²) >= 11 is 0. The van der Waals surface area contributed by atoms with Crippen molar-refractivity contribution in [3.8, 4) is 0 Å². The molecule has 1 aromatic heterocycles. The molecule has 3 rings (SSSR count). The third kappa shape index (κ3) is 6.12. The number of aromatic nitrogens is 2. The first-order valence-electron chi connectivity index (χ1n) is 12.1. The third-order valence-corrected chi connectivity index (χ3v) is 6.29. The molecule has 2 heterocycles. The Balaban J connectivity index is 1.83. The molecule has 2 aromatic rings. The Morgan fingerprint density at radius 3 is 2.42 bits per heavy atom. The zero-order valence-corrected chi connectivity index (χ0v) is 20.0. The van der Waals surface area contributed by atoms with E-state index >= 15 is 0 Å². The number of benzene rings is 1. The molecular formula is C25H36N4O4. The van der Waals surface area contributed by atoms with Crippen molar-refractivity contribution in [1.82, 2.24) is 19.4 Å². The first kappa shape index (κ1) is 24.7. The number of nitrogens with one attached hydrogen (secondary N) is 1. The zero-order chi connectivity index (χ0) is 24.0. The summed E-state index contributed by atoms with van der Waals surface area (Å²) in [6.07, 6.45) is 3.62. The van der Waals surface area contributed by atoms with Gasteiger partial charge in [-0.3, -0.25) is 23.5 Å². The number of fused-ring (bicyclic) bond motifs is 1. The number of amides is 2. The molecule has 0 bridgehead atoms. The summed E-state index contributed by atoms with van der Waals surface area (Å²) in [7, 11) is 0. The highest BCUT2D eigenvalue weighted by atomic mass is 16.2. The van der Waals surface area contributed by atoms with Gasteiger partial charge in [0.05, 0.1) is 10.9 Å². The van der Waals surface area contributed by atoms with Crippen molar-refractivity contribution in [2.75, 3.05) is 19.6 Å². The van der Waals surface area contributed by atoms with Crippen molar-refractivity contribution in [3.63, 3.8) is 0 Å². The Morgan fingerprint density at radius 1 is 1.03 bits per heavy atom. The van der Waals surface area contributed by atoms with Crippen LogP contribution in [0, 0.1) is 11.8 Å². The smallest absolute Gasteiger partial charge is 0.331 e. The lowest BCUT2D eigenvalue weighted by Crippen LogP contribution is -2.47. The average molecular weight is 457 g/mol. The lowest BCUT2D eigenvalue weighted by Gasteiger charge is -2.35. The molecule has 2 atom stereocenters. The van der Waals surface area contributed by atoms with Crippen LogP contribution >= 0.6 is 0 Å². The van der Waals surface area contributed by atoms with Gasteiger partial charge in [-0.05, 0) is 43.2 Å². The number of rotatable bonds is 9. The maximum Gasteiger partial charge on any atom is 0.331 e. The number of hydrogen-bond donors (Lipinski definition) is 1. The van der Waals surface area contributed by atoms with Crippen molar-refractivity contribution in [2.24, 2.45) is 11.8 Å². The summed E-state index contributed by atoms with van der Waals surface area (Å²) in [6.45, 7) is 8.36. The third-order valence-electron chi connectivity index (χ3n) is 6.29. The quantitative estimate of drug-likeness (QED) is 0.586. The molecule has 1 aliphatic rings. The van der Waals surface area contributed by atoms with Crippen LogP contribution in [0.15, 0.2) is 33.9 Å². The van der Waals surface area contributed by atoms with E-state index in [1.54, 1.807) is 24.3 Å². The second kappa shape index (κ2) is 11.3. The van der Waals surface area contributed by atoms with Gasteiger partial charge >= 0.3 is 5.69 Å². The summed E-state index contributed by atoms with van der Waals surface area (Å²) in [4.78, 5) is 53.2. The molecule has 33 heavy (non-hydrogen) atoms. The highest BCUT2D eigenvalue weighted by Crippen LogP contribution is 2.21. The molecule has 0 spiro atoms. The number of carbonyl (C=O) groups excluding carboxylic acids is 2. The standard InChI is InChI=1S/C25H36N4O4/c1-4-5-12-26-22(30)11-8-13-28-24(32)20-9-6-7-10-21(20)29(25(28)33)17-23(31)27-15-18(2)14-19(3)16-27/h6-7,9-10,18-19H,4-5,8,11-17H2,1-3H3,(H,26,30). The van der Waals surface area contributed by atoms with Gasteiger partial charge in [0, 0.05) is 32.6 Å². The average Bonchev–Trinajstić information content (AvgIpc) is 2.78. The van der Waals surface area contributed by atoms with Gasteiger partial charge in [-0.25, -0.2) is 4.79 Å². The predicted molar refractivity (Wildman–Crippen MR) is 129 cm³/mol. The number of piperidine rings is 1. The van der Waals surface area contributed by atoms with Crippen molar-refractivity contribution < 1.29 is 9.59 Å². The number of hydrogen-bond acceptors (Lipinski definition) is 4. The minimum atomic E-state index is -0.503. The van der Waals surface area contributed by atoms with Crippen LogP contribution in [0.5, 0.6) is 0 Å². The van der Waals surface area contributed by atoms with Gasteiger partial charge in [-0.15, -0.1) is 0 Å². The van der Waals surface area contributed by atoms with E-state index in [1.165, 1.54) is 4.57 Å². The second-order valence-corrected chi connectivity index (χ2v) is 9.39. The maximum atomic E-state index is 13.3. The van der Waals surface area contributed by atoms with Gasteiger partial charge in [0.2, 0.25) is 11.8 Å². The predicted octanol–water partition coefficient (Wildman–Crippen LogP) is 2.36. The van der Waals surface area contributed by atoms with Crippen LogP contribution in [-0.4, -0.2) is 45.5 Å². The maximum absolute atomic E-state index is 13.3. The van der Waals surface area contributed by atoms with E-state index in [0.717, 1.165) is 23.8 Å². The Labute approximate surface area is 194 Å². The number of carbonyl (C=O) groups is 2. The van der Waals surface area contributed by atoms with E-state index in [1.807, 2.05) is 4.90 Å². The minimum absolute atomic E-state index is 0.0823. The minimum Gasteiger partial charge on any atom is -0.356 e. The molecule has 1 fully saturated rings. The van der Waals surface area contributed by atoms with Crippen molar-refractivity contribution in [2.45, 2.75) is 66.0 Å². The van der Waals surface area contributed by atoms with Crippen molar-refractivity contribution in [3.05, 3.63) is 45.1 Å². The van der Waals surface area contributed by atoms with Crippen molar-refractivity contribution in [1.29, 1.82) is 0 Å². The molecule has 1 aliphatic heterocycles. The Morgan fingerprint density at radius 2 is 1.73 bits per heavy atom. The molecule has 0 aliphatic carbocycles. The largest absolute Gasteiger partial charge is 0.356 e. The fourth-order valence-electron chi connectivity index (χ4n) is 4.71. The van der Waals surface area contributed by atoms with Crippen LogP contribution in [0.2, 0.25) is 0 Å². The van der Waals surface area contributed by atoms with E-state index in [-0.39, 0.29) is 36.9 Å². The first-order chi connectivity index (χ1) is 15.8. The molecule has 0 saturated carbocycles. The van der Waals surface area contributed by atoms with Crippen LogP contribution < -0.4 is 16.6 Å². The molecule has 0 radical (unpaired) electrons. The van der Waals surface area contributed by atoms with Gasteiger partial charge in [-0.2, -0.15) is 0 Å². The number of likely N-dealkylation sites (tertiary alicyclic amines) is 1.